The number of hydrogen-bond donors (Lipinski definition) is 0. The quantitative estimate of drug-likeness (QED) is 0.494. The van der Waals surface area contributed by atoms with Gasteiger partial charge in [-0.15, -0.1) is 11.8 Å². The Morgan fingerprint density at radius 3 is 2.86 bits per heavy atom. The molecule has 0 aliphatic rings. The zero-order valence-electron chi connectivity index (χ0n) is 8.72. The van der Waals surface area contributed by atoms with Gasteiger partial charge in [-0.1, -0.05) is 36.9 Å². The van der Waals surface area contributed by atoms with Crippen molar-refractivity contribution in [2.24, 2.45) is 0 Å². The van der Waals surface area contributed by atoms with Gasteiger partial charge in [-0.25, -0.2) is 0 Å². The molecule has 0 radical (unpaired) electrons. The Labute approximate surface area is 86.7 Å². The summed E-state index contributed by atoms with van der Waals surface area (Å²) in [6.07, 6.45) is 5.13. The molecule has 1 aromatic carbocycles. The van der Waals surface area contributed by atoms with Crippen LogP contribution in [0, 0.1) is 11.8 Å². The number of aryl methyl sites for hydroxylation is 1. The van der Waals surface area contributed by atoms with Gasteiger partial charge in [0.25, 0.3) is 0 Å². The summed E-state index contributed by atoms with van der Waals surface area (Å²) in [5.41, 5.74) is 2.62. The number of hydrogen-bond acceptors (Lipinski definition) is 0. The topological polar surface area (TPSA) is 0 Å². The minimum absolute atomic E-state index is 0.988. The fourth-order valence-electron chi connectivity index (χ4n) is 1.45. The normalized spacial score (nSPS) is 8.93. The molecule has 0 saturated heterocycles. The van der Waals surface area contributed by atoms with Gasteiger partial charge >= 0.3 is 0 Å². The van der Waals surface area contributed by atoms with E-state index < -0.39 is 0 Å². The van der Waals surface area contributed by atoms with Crippen LogP contribution in [0.25, 0.3) is 6.08 Å². The second kappa shape index (κ2) is 6.05. The second-order valence-electron chi connectivity index (χ2n) is 3.18. The Morgan fingerprint density at radius 1 is 1.36 bits per heavy atom. The maximum atomic E-state index is 3.81. The molecule has 0 heterocycles. The summed E-state index contributed by atoms with van der Waals surface area (Å²) in [5, 5.41) is 0. The average Bonchev–Trinajstić information content (AvgIpc) is 2.25. The predicted octanol–water partition coefficient (Wildman–Crippen LogP) is 3.68. The smallest absolute Gasteiger partial charge is 0.00917 e. The van der Waals surface area contributed by atoms with E-state index in [9.17, 15) is 0 Å². The van der Waals surface area contributed by atoms with Crippen LogP contribution in [0.1, 0.15) is 30.9 Å². The van der Waals surface area contributed by atoms with Gasteiger partial charge in [-0.2, -0.15) is 0 Å². The Kier molecular flexibility index (Phi) is 4.58. The third-order valence-corrected chi connectivity index (χ3v) is 2.20. The molecular formula is C14H16. The van der Waals surface area contributed by atoms with Crippen molar-refractivity contribution in [2.75, 3.05) is 0 Å². The van der Waals surface area contributed by atoms with Crippen LogP contribution in [0.4, 0.5) is 0 Å². The third kappa shape index (κ3) is 3.11. The average molecular weight is 184 g/mol. The van der Waals surface area contributed by atoms with E-state index in [0.29, 0.717) is 0 Å². The molecular weight excluding hydrogens is 168 g/mol. The van der Waals surface area contributed by atoms with Gasteiger partial charge in [0.05, 0.1) is 0 Å². The highest BCUT2D eigenvalue weighted by molar-refractivity contribution is 5.51. The first-order valence-electron chi connectivity index (χ1n) is 4.98. The molecule has 0 aromatic heterocycles. The minimum atomic E-state index is 0.988. The summed E-state index contributed by atoms with van der Waals surface area (Å²) < 4.78 is 0. The van der Waals surface area contributed by atoms with Gasteiger partial charge in [0.1, 0.15) is 0 Å². The molecule has 0 aliphatic heterocycles. The van der Waals surface area contributed by atoms with Crippen molar-refractivity contribution in [1.29, 1.82) is 0 Å². The van der Waals surface area contributed by atoms with Crippen molar-refractivity contribution >= 4 is 6.08 Å². The lowest BCUT2D eigenvalue weighted by molar-refractivity contribution is 0.856. The Balaban J connectivity index is 2.56. The Morgan fingerprint density at radius 2 is 2.14 bits per heavy atom. The fourth-order valence-corrected chi connectivity index (χ4v) is 1.45. The van der Waals surface area contributed by atoms with Crippen molar-refractivity contribution in [1.82, 2.24) is 0 Å². The van der Waals surface area contributed by atoms with Crippen molar-refractivity contribution in [3.8, 4) is 11.8 Å². The molecule has 0 aliphatic carbocycles. The van der Waals surface area contributed by atoms with Gasteiger partial charge in [-0.3, -0.25) is 0 Å². The molecule has 0 atom stereocenters. The molecule has 0 bridgehead atoms. The van der Waals surface area contributed by atoms with Crippen LogP contribution in [0.5, 0.6) is 0 Å². The van der Waals surface area contributed by atoms with E-state index in [1.165, 1.54) is 11.1 Å². The molecule has 1 rings (SSSR count). The highest BCUT2D eigenvalue weighted by atomic mass is 14.0. The highest BCUT2D eigenvalue weighted by Gasteiger charge is 1.96. The number of unbranched alkanes of at least 4 members (excludes halogenated alkanes) is 1. The van der Waals surface area contributed by atoms with E-state index in [1.807, 2.05) is 19.1 Å². The minimum Gasteiger partial charge on any atom is -0.107 e. The van der Waals surface area contributed by atoms with E-state index in [-0.39, 0.29) is 0 Å². The molecule has 0 nitrogen and oxygen atoms in total. The monoisotopic (exact) mass is 184 g/mol. The second-order valence-corrected chi connectivity index (χ2v) is 3.18. The van der Waals surface area contributed by atoms with E-state index in [0.717, 1.165) is 19.3 Å². The first-order valence-corrected chi connectivity index (χ1v) is 4.98. The standard InChI is InChI=1S/C14H16/c1-3-5-6-7-11-14-12-9-8-10-13(14)4-2/h4,8-10,12H,2,6-7,11H2,1H3. The molecule has 14 heavy (non-hydrogen) atoms. The molecule has 0 fully saturated rings. The maximum Gasteiger partial charge on any atom is 0.00917 e. The molecule has 0 amide bonds. The van der Waals surface area contributed by atoms with Crippen LogP contribution in [-0.4, -0.2) is 0 Å². The molecule has 72 valence electrons. The zero-order valence-corrected chi connectivity index (χ0v) is 8.72. The molecule has 0 unspecified atom stereocenters. The lowest BCUT2D eigenvalue weighted by Gasteiger charge is -2.03. The van der Waals surface area contributed by atoms with Crippen LogP contribution < -0.4 is 0 Å². The van der Waals surface area contributed by atoms with Gasteiger partial charge in [0.15, 0.2) is 0 Å². The molecule has 0 spiro atoms. The maximum absolute atomic E-state index is 3.81. The van der Waals surface area contributed by atoms with Crippen LogP contribution >= 0.6 is 0 Å². The van der Waals surface area contributed by atoms with Crippen molar-refractivity contribution in [2.45, 2.75) is 26.2 Å². The number of rotatable bonds is 4. The molecule has 1 aromatic rings. The summed E-state index contributed by atoms with van der Waals surface area (Å²) in [6.45, 7) is 5.69. The summed E-state index contributed by atoms with van der Waals surface area (Å²) in [6, 6.07) is 8.39. The summed E-state index contributed by atoms with van der Waals surface area (Å²) >= 11 is 0. The Hall–Kier alpha value is -1.48. The van der Waals surface area contributed by atoms with Crippen molar-refractivity contribution < 1.29 is 0 Å². The SMILES string of the molecule is C=Cc1ccccc1CCCC#CC. The summed E-state index contributed by atoms with van der Waals surface area (Å²) in [7, 11) is 0. The van der Waals surface area contributed by atoms with E-state index >= 15 is 0 Å². The fraction of sp³-hybridized carbons (Fsp3) is 0.286. The Bertz CT molecular complexity index is 350. The largest absolute Gasteiger partial charge is 0.107 e. The van der Waals surface area contributed by atoms with Crippen LogP contribution in [0.3, 0.4) is 0 Å². The van der Waals surface area contributed by atoms with E-state index in [1.54, 1.807) is 0 Å². The highest BCUT2D eigenvalue weighted by Crippen LogP contribution is 2.12. The number of benzene rings is 1. The first-order chi connectivity index (χ1) is 6.88. The molecule has 0 saturated carbocycles. The van der Waals surface area contributed by atoms with Crippen LogP contribution in [0.15, 0.2) is 30.8 Å². The lowest BCUT2D eigenvalue weighted by Crippen LogP contribution is -1.88. The van der Waals surface area contributed by atoms with Crippen LogP contribution in [0.2, 0.25) is 0 Å². The van der Waals surface area contributed by atoms with Gasteiger partial charge in [0.2, 0.25) is 0 Å². The lowest BCUT2D eigenvalue weighted by atomic mass is 10.0. The third-order valence-electron chi connectivity index (χ3n) is 2.20. The van der Waals surface area contributed by atoms with Gasteiger partial charge in [0, 0.05) is 6.42 Å². The van der Waals surface area contributed by atoms with E-state index in [2.05, 4.69) is 36.6 Å². The van der Waals surface area contributed by atoms with Crippen LogP contribution in [-0.2, 0) is 6.42 Å². The molecule has 0 heteroatoms. The zero-order chi connectivity index (χ0) is 10.2. The summed E-state index contributed by atoms with van der Waals surface area (Å²) in [5.74, 6) is 5.99. The first kappa shape index (κ1) is 10.6. The summed E-state index contributed by atoms with van der Waals surface area (Å²) in [4.78, 5) is 0. The molecule has 0 N–H and O–H groups in total. The van der Waals surface area contributed by atoms with Gasteiger partial charge < -0.3 is 0 Å². The van der Waals surface area contributed by atoms with Crippen molar-refractivity contribution in [3.05, 3.63) is 42.0 Å². The van der Waals surface area contributed by atoms with E-state index in [4.69, 9.17) is 0 Å². The van der Waals surface area contributed by atoms with Crippen molar-refractivity contribution in [3.63, 3.8) is 0 Å². The predicted molar refractivity (Wildman–Crippen MR) is 62.9 cm³/mol. The van der Waals surface area contributed by atoms with Gasteiger partial charge in [-0.05, 0) is 30.9 Å².